The quantitative estimate of drug-likeness (QED) is 0.684. The topological polar surface area (TPSA) is 37.4 Å². The van der Waals surface area contributed by atoms with Crippen molar-refractivity contribution in [3.63, 3.8) is 0 Å². The smallest absolute Gasteiger partial charge is 0.235 e. The second-order valence-electron chi connectivity index (χ2n) is 5.64. The van der Waals surface area contributed by atoms with Gasteiger partial charge in [-0.25, -0.2) is 12.7 Å². The summed E-state index contributed by atoms with van der Waals surface area (Å²) in [5, 5.41) is 0. The van der Waals surface area contributed by atoms with Crippen molar-refractivity contribution in [1.82, 2.24) is 0 Å². The normalized spacial score (nSPS) is 11.2. The summed E-state index contributed by atoms with van der Waals surface area (Å²) in [7, 11) is -3.73. The van der Waals surface area contributed by atoms with Gasteiger partial charge in [-0.3, -0.25) is 0 Å². The first-order chi connectivity index (χ1) is 11.5. The predicted octanol–water partition coefficient (Wildman–Crippen LogP) is 4.83. The number of rotatable bonds is 4. The van der Waals surface area contributed by atoms with Gasteiger partial charge in [0.25, 0.3) is 10.0 Å². The van der Waals surface area contributed by atoms with Gasteiger partial charge in [-0.2, -0.15) is 0 Å². The van der Waals surface area contributed by atoms with Crippen molar-refractivity contribution >= 4 is 21.4 Å². The van der Waals surface area contributed by atoms with E-state index in [1.807, 2.05) is 56.3 Å². The Hall–Kier alpha value is -2.59. The van der Waals surface area contributed by atoms with E-state index in [9.17, 15) is 8.42 Å². The Labute approximate surface area is 143 Å². The molecule has 4 heteroatoms. The maximum atomic E-state index is 13.4. The van der Waals surface area contributed by atoms with E-state index < -0.39 is 10.0 Å². The fraction of sp³-hybridized carbons (Fsp3) is 0.100. The Kier molecular flexibility index (Phi) is 4.40. The van der Waals surface area contributed by atoms with Gasteiger partial charge in [0, 0.05) is 0 Å². The summed E-state index contributed by atoms with van der Waals surface area (Å²) in [5.41, 5.74) is 2.96. The lowest BCUT2D eigenvalue weighted by molar-refractivity contribution is 0.595. The number of para-hydroxylation sites is 2. The summed E-state index contributed by atoms with van der Waals surface area (Å²) >= 11 is 0. The van der Waals surface area contributed by atoms with E-state index in [1.165, 1.54) is 4.31 Å². The number of hydrogen-bond donors (Lipinski definition) is 0. The molecule has 0 aromatic heterocycles. The average Bonchev–Trinajstić information content (AvgIpc) is 2.59. The molecule has 0 unspecified atom stereocenters. The van der Waals surface area contributed by atoms with Crippen molar-refractivity contribution in [2.45, 2.75) is 18.7 Å². The number of hydrogen-bond acceptors (Lipinski definition) is 2. The molecule has 0 aliphatic heterocycles. The molecule has 3 aromatic carbocycles. The highest BCUT2D eigenvalue weighted by Crippen LogP contribution is 2.33. The molecule has 0 spiro atoms. The largest absolute Gasteiger partial charge is 0.268 e. The molecule has 3 nitrogen and oxygen atoms in total. The van der Waals surface area contributed by atoms with Crippen molar-refractivity contribution < 1.29 is 8.42 Å². The van der Waals surface area contributed by atoms with Crippen LogP contribution in [0.2, 0.25) is 0 Å². The first-order valence-electron chi connectivity index (χ1n) is 7.73. The van der Waals surface area contributed by atoms with E-state index in [0.29, 0.717) is 16.3 Å². The molecule has 0 aliphatic carbocycles. The Balaban J connectivity index is 2.24. The number of anilines is 2. The van der Waals surface area contributed by atoms with E-state index in [4.69, 9.17) is 0 Å². The number of aryl methyl sites for hydroxylation is 1. The fourth-order valence-corrected chi connectivity index (χ4v) is 4.45. The highest BCUT2D eigenvalue weighted by molar-refractivity contribution is 7.93. The molecule has 0 N–H and O–H groups in total. The maximum Gasteiger partial charge on any atom is 0.268 e. The van der Waals surface area contributed by atoms with Gasteiger partial charge in [-0.05, 0) is 55.3 Å². The molecule has 0 bridgehead atoms. The van der Waals surface area contributed by atoms with Crippen LogP contribution in [-0.4, -0.2) is 8.42 Å². The van der Waals surface area contributed by atoms with Crippen LogP contribution in [0.1, 0.15) is 11.1 Å². The van der Waals surface area contributed by atoms with Gasteiger partial charge in [-0.1, -0.05) is 48.5 Å². The van der Waals surface area contributed by atoms with Crippen LogP contribution in [-0.2, 0) is 10.0 Å². The van der Waals surface area contributed by atoms with E-state index in [1.54, 1.807) is 36.4 Å². The predicted molar refractivity (Wildman–Crippen MR) is 98.1 cm³/mol. The van der Waals surface area contributed by atoms with E-state index in [0.717, 1.165) is 11.1 Å². The summed E-state index contributed by atoms with van der Waals surface area (Å²) in [5.74, 6) is 0. The van der Waals surface area contributed by atoms with Crippen LogP contribution in [0.25, 0.3) is 0 Å². The van der Waals surface area contributed by atoms with Gasteiger partial charge in [-0.15, -0.1) is 0 Å². The molecule has 0 saturated heterocycles. The lowest BCUT2D eigenvalue weighted by Gasteiger charge is -2.25. The highest BCUT2D eigenvalue weighted by atomic mass is 32.2. The molecular formula is C20H19NO2S. The van der Waals surface area contributed by atoms with Crippen LogP contribution >= 0.6 is 0 Å². The first-order valence-corrected chi connectivity index (χ1v) is 9.17. The highest BCUT2D eigenvalue weighted by Gasteiger charge is 2.28. The van der Waals surface area contributed by atoms with Crippen LogP contribution < -0.4 is 4.31 Å². The summed E-state index contributed by atoms with van der Waals surface area (Å²) < 4.78 is 28.3. The molecule has 0 heterocycles. The van der Waals surface area contributed by atoms with Crippen LogP contribution in [0.15, 0.2) is 83.8 Å². The Morgan fingerprint density at radius 3 is 1.67 bits per heavy atom. The first kappa shape index (κ1) is 16.3. The Morgan fingerprint density at radius 2 is 1.17 bits per heavy atom. The van der Waals surface area contributed by atoms with Gasteiger partial charge >= 0.3 is 0 Å². The zero-order valence-corrected chi connectivity index (χ0v) is 14.5. The van der Waals surface area contributed by atoms with E-state index in [-0.39, 0.29) is 0 Å². The number of sulfonamides is 1. The molecule has 0 radical (unpaired) electrons. The minimum absolute atomic E-state index is 0.329. The second-order valence-corrected chi connectivity index (χ2v) is 7.39. The lowest BCUT2D eigenvalue weighted by Crippen LogP contribution is -2.27. The Bertz CT molecular complexity index is 896. The van der Waals surface area contributed by atoms with Crippen molar-refractivity contribution in [2.24, 2.45) is 0 Å². The third-order valence-electron chi connectivity index (χ3n) is 4.05. The minimum atomic E-state index is -3.73. The van der Waals surface area contributed by atoms with Crippen molar-refractivity contribution in [3.8, 4) is 0 Å². The minimum Gasteiger partial charge on any atom is -0.235 e. The third kappa shape index (κ3) is 2.93. The Morgan fingerprint density at radius 1 is 0.667 bits per heavy atom. The maximum absolute atomic E-state index is 13.4. The molecule has 3 rings (SSSR count). The second kappa shape index (κ2) is 6.49. The monoisotopic (exact) mass is 337 g/mol. The molecule has 0 saturated carbocycles. The summed E-state index contributed by atoms with van der Waals surface area (Å²) in [6, 6.07) is 23.7. The SMILES string of the molecule is Cc1cccc(S(=O)(=O)N(c2ccccc2)c2ccccc2)c1C. The molecule has 122 valence electrons. The molecule has 0 fully saturated rings. The molecule has 0 aliphatic rings. The van der Waals surface area contributed by atoms with E-state index in [2.05, 4.69) is 0 Å². The fourth-order valence-electron chi connectivity index (χ4n) is 2.66. The zero-order chi connectivity index (χ0) is 17.2. The van der Waals surface area contributed by atoms with Crippen molar-refractivity contribution in [2.75, 3.05) is 4.31 Å². The number of nitrogens with zero attached hydrogens (tertiary/aromatic N) is 1. The van der Waals surface area contributed by atoms with Gasteiger partial charge in [0.1, 0.15) is 0 Å². The van der Waals surface area contributed by atoms with Crippen LogP contribution in [0.3, 0.4) is 0 Å². The van der Waals surface area contributed by atoms with Crippen molar-refractivity contribution in [1.29, 1.82) is 0 Å². The zero-order valence-electron chi connectivity index (χ0n) is 13.7. The summed E-state index contributed by atoms with van der Waals surface area (Å²) in [6.45, 7) is 3.76. The van der Waals surface area contributed by atoms with E-state index >= 15 is 0 Å². The van der Waals surface area contributed by atoms with Gasteiger partial charge < -0.3 is 0 Å². The number of benzene rings is 3. The van der Waals surface area contributed by atoms with Crippen LogP contribution in [0, 0.1) is 13.8 Å². The standard InChI is InChI=1S/C20H19NO2S/c1-16-10-9-15-20(17(16)2)24(22,23)21(18-11-5-3-6-12-18)19-13-7-4-8-14-19/h3-15H,1-2H3. The third-order valence-corrected chi connectivity index (χ3v) is 5.96. The molecule has 0 atom stereocenters. The van der Waals surface area contributed by atoms with Gasteiger partial charge in [0.15, 0.2) is 0 Å². The summed E-state index contributed by atoms with van der Waals surface area (Å²) in [6.07, 6.45) is 0. The van der Waals surface area contributed by atoms with Crippen molar-refractivity contribution in [3.05, 3.63) is 90.0 Å². The molecular weight excluding hydrogens is 318 g/mol. The molecule has 0 amide bonds. The summed E-state index contributed by atoms with van der Waals surface area (Å²) in [4.78, 5) is 0.329. The molecule has 24 heavy (non-hydrogen) atoms. The van der Waals surface area contributed by atoms with Crippen LogP contribution in [0.4, 0.5) is 11.4 Å². The lowest BCUT2D eigenvalue weighted by atomic mass is 10.1. The molecule has 3 aromatic rings. The average molecular weight is 337 g/mol. The van der Waals surface area contributed by atoms with Gasteiger partial charge in [0.05, 0.1) is 16.3 Å². The van der Waals surface area contributed by atoms with Gasteiger partial charge in [0.2, 0.25) is 0 Å². The van der Waals surface area contributed by atoms with Crippen LogP contribution in [0.5, 0.6) is 0 Å².